The van der Waals surface area contributed by atoms with Gasteiger partial charge in [0, 0.05) is 42.3 Å². The Morgan fingerprint density at radius 2 is 1.92 bits per heavy atom. The van der Waals surface area contributed by atoms with Crippen LogP contribution in [0.3, 0.4) is 0 Å². The number of methoxy groups -OCH3 is 1. The number of thiocarbonyl (C=S) groups is 1. The third-order valence-electron chi connectivity index (χ3n) is 6.07. The highest BCUT2D eigenvalue weighted by atomic mass is 35.5. The van der Waals surface area contributed by atoms with Crippen molar-refractivity contribution >= 4 is 46.2 Å². The summed E-state index contributed by atoms with van der Waals surface area (Å²) in [5.74, 6) is -0.717. The summed E-state index contributed by atoms with van der Waals surface area (Å²) >= 11 is 11.9. The van der Waals surface area contributed by atoms with Crippen molar-refractivity contribution in [3.8, 4) is 5.69 Å². The molecule has 4 aromatic rings. The number of amides is 1. The topological polar surface area (TPSA) is 71.4 Å². The van der Waals surface area contributed by atoms with Gasteiger partial charge in [0.1, 0.15) is 18.5 Å². The lowest BCUT2D eigenvalue weighted by Gasteiger charge is -2.29. The molecule has 0 unspecified atom stereocenters. The maximum Gasteiger partial charge on any atom is 0.250 e. The molecule has 7 nitrogen and oxygen atoms in total. The monoisotopic (exact) mass is 535 g/mol. The smallest absolute Gasteiger partial charge is 0.250 e. The number of aromatic nitrogens is 2. The van der Waals surface area contributed by atoms with E-state index in [9.17, 15) is 9.18 Å². The second kappa shape index (κ2) is 10.7. The zero-order valence-electron chi connectivity index (χ0n) is 19.8. The Morgan fingerprint density at radius 1 is 1.14 bits per heavy atom. The maximum atomic E-state index is 13.9. The number of nitrogens with zero attached hydrogens (tertiary/aromatic N) is 3. The second-order valence-electron chi connectivity index (χ2n) is 8.43. The van der Waals surface area contributed by atoms with Gasteiger partial charge in [-0.15, -0.1) is 0 Å². The van der Waals surface area contributed by atoms with Crippen molar-refractivity contribution in [2.24, 2.45) is 0 Å². The fourth-order valence-electron chi connectivity index (χ4n) is 4.47. The minimum absolute atomic E-state index is 0.0277. The number of halogens is 2. The molecule has 3 heterocycles. The van der Waals surface area contributed by atoms with Crippen LogP contribution in [0.5, 0.6) is 0 Å². The number of pyridine rings is 1. The number of ether oxygens (including phenoxy) is 1. The first kappa shape index (κ1) is 24.9. The van der Waals surface area contributed by atoms with Crippen molar-refractivity contribution in [1.29, 1.82) is 0 Å². The van der Waals surface area contributed by atoms with Gasteiger partial charge in [0.15, 0.2) is 5.11 Å². The first-order valence-corrected chi connectivity index (χ1v) is 12.3. The lowest BCUT2D eigenvalue weighted by molar-refractivity contribution is -0.119. The van der Waals surface area contributed by atoms with Gasteiger partial charge in [-0.25, -0.2) is 4.39 Å². The van der Waals surface area contributed by atoms with Crippen molar-refractivity contribution in [3.63, 3.8) is 0 Å². The number of hydrogen-bond acceptors (Lipinski definition) is 4. The Morgan fingerprint density at radius 3 is 2.62 bits per heavy atom. The van der Waals surface area contributed by atoms with Crippen LogP contribution in [0.2, 0.25) is 5.02 Å². The van der Waals surface area contributed by atoms with E-state index in [0.717, 1.165) is 22.8 Å². The van der Waals surface area contributed by atoms with Gasteiger partial charge in [-0.1, -0.05) is 17.7 Å². The predicted octanol–water partition coefficient (Wildman–Crippen LogP) is 5.43. The Kier molecular flexibility index (Phi) is 7.18. The molecular formula is C27H23ClFN5O2S. The summed E-state index contributed by atoms with van der Waals surface area (Å²) in [6.07, 6.45) is 3.65. The number of carbonyl (C=O) groups excluding carboxylic acids is 1. The van der Waals surface area contributed by atoms with Gasteiger partial charge >= 0.3 is 0 Å². The summed E-state index contributed by atoms with van der Waals surface area (Å²) in [7, 11) is 1.47. The van der Waals surface area contributed by atoms with Crippen LogP contribution in [0.25, 0.3) is 5.69 Å². The van der Waals surface area contributed by atoms with Crippen molar-refractivity contribution in [2.75, 3.05) is 23.9 Å². The third-order valence-corrected chi connectivity index (χ3v) is 6.67. The largest absolute Gasteiger partial charge is 0.375 e. The summed E-state index contributed by atoms with van der Waals surface area (Å²) in [5, 5.41) is 6.80. The number of anilines is 2. The normalized spacial score (nSPS) is 17.1. The Hall–Kier alpha value is -3.79. The average Bonchev–Trinajstić information content (AvgIpc) is 3.51. The number of carbonyl (C=O) groups is 1. The molecule has 2 aromatic carbocycles. The number of rotatable bonds is 7. The number of hydrogen-bond donors (Lipinski definition) is 2. The molecule has 0 aliphatic carbocycles. The van der Waals surface area contributed by atoms with E-state index in [0.29, 0.717) is 10.8 Å². The molecule has 0 saturated carbocycles. The second-order valence-corrected chi connectivity index (χ2v) is 9.22. The van der Waals surface area contributed by atoms with Crippen molar-refractivity contribution in [3.05, 3.63) is 107 Å². The molecule has 1 aliphatic heterocycles. The molecule has 0 radical (unpaired) electrons. The van der Waals surface area contributed by atoms with E-state index in [1.54, 1.807) is 18.3 Å². The molecule has 188 valence electrons. The molecule has 1 aliphatic rings. The van der Waals surface area contributed by atoms with Gasteiger partial charge < -0.3 is 24.8 Å². The maximum absolute atomic E-state index is 13.9. The molecule has 1 saturated heterocycles. The fourth-order valence-corrected chi connectivity index (χ4v) is 4.99. The number of nitrogens with one attached hydrogen (secondary N) is 2. The highest BCUT2D eigenvalue weighted by Gasteiger charge is 2.42. The first-order valence-electron chi connectivity index (χ1n) is 11.5. The van der Waals surface area contributed by atoms with Crippen LogP contribution in [0.1, 0.15) is 23.5 Å². The molecule has 1 amide bonds. The van der Waals surface area contributed by atoms with Crippen molar-refractivity contribution in [1.82, 2.24) is 14.9 Å². The summed E-state index contributed by atoms with van der Waals surface area (Å²) in [6.45, 7) is -0.0277. The van der Waals surface area contributed by atoms with Gasteiger partial charge in [-0.3, -0.25) is 9.78 Å². The van der Waals surface area contributed by atoms with E-state index < -0.39 is 5.82 Å². The van der Waals surface area contributed by atoms with Gasteiger partial charge in [-0.2, -0.15) is 0 Å². The summed E-state index contributed by atoms with van der Waals surface area (Å²) in [6, 6.07) is 21.2. The molecule has 1 fully saturated rings. The summed E-state index contributed by atoms with van der Waals surface area (Å²) in [4.78, 5) is 18.5. The van der Waals surface area contributed by atoms with Crippen LogP contribution in [0.4, 0.5) is 15.8 Å². The SMILES string of the molecule is COCC(=O)Nc1ccc(N2C(=S)N[C@@H](c3ccccn3)[C@@H]2c2cccn2-c2ccc(F)c(Cl)c2)cc1. The molecule has 2 aromatic heterocycles. The van der Waals surface area contributed by atoms with E-state index in [2.05, 4.69) is 15.6 Å². The fraction of sp³-hybridized carbons (Fsp3) is 0.148. The zero-order chi connectivity index (χ0) is 25.9. The molecular weight excluding hydrogens is 513 g/mol. The lowest BCUT2D eigenvalue weighted by atomic mass is 10.0. The van der Waals surface area contributed by atoms with E-state index in [1.165, 1.54) is 13.2 Å². The highest BCUT2D eigenvalue weighted by Crippen LogP contribution is 2.42. The minimum Gasteiger partial charge on any atom is -0.375 e. The molecule has 0 spiro atoms. The van der Waals surface area contributed by atoms with E-state index in [-0.39, 0.29) is 29.6 Å². The summed E-state index contributed by atoms with van der Waals surface area (Å²) in [5.41, 5.74) is 3.93. The van der Waals surface area contributed by atoms with Gasteiger partial charge in [0.05, 0.1) is 16.8 Å². The Balaban J connectivity index is 1.57. The predicted molar refractivity (Wildman–Crippen MR) is 146 cm³/mol. The highest BCUT2D eigenvalue weighted by molar-refractivity contribution is 7.80. The van der Waals surface area contributed by atoms with Gasteiger partial charge in [0.2, 0.25) is 5.91 Å². The Bertz CT molecular complexity index is 1430. The van der Waals surface area contributed by atoms with Crippen LogP contribution < -0.4 is 15.5 Å². The van der Waals surface area contributed by atoms with Gasteiger partial charge in [0.25, 0.3) is 0 Å². The van der Waals surface area contributed by atoms with Crippen LogP contribution in [0, 0.1) is 5.82 Å². The van der Waals surface area contributed by atoms with Crippen LogP contribution in [0.15, 0.2) is 85.2 Å². The summed E-state index contributed by atoms with van der Waals surface area (Å²) < 4.78 is 20.7. The first-order chi connectivity index (χ1) is 18.0. The van der Waals surface area contributed by atoms with Crippen LogP contribution in [-0.4, -0.2) is 34.3 Å². The average molecular weight is 536 g/mol. The lowest BCUT2D eigenvalue weighted by Crippen LogP contribution is -2.30. The van der Waals surface area contributed by atoms with Crippen molar-refractivity contribution in [2.45, 2.75) is 12.1 Å². The Labute approximate surface area is 223 Å². The van der Waals surface area contributed by atoms with E-state index in [1.807, 2.05) is 70.3 Å². The molecule has 10 heteroatoms. The third kappa shape index (κ3) is 5.06. The molecule has 2 atom stereocenters. The van der Waals surface area contributed by atoms with Crippen LogP contribution in [-0.2, 0) is 9.53 Å². The number of benzene rings is 2. The quantitative estimate of drug-likeness (QED) is 0.308. The van der Waals surface area contributed by atoms with Crippen LogP contribution >= 0.6 is 23.8 Å². The standard InChI is InChI=1S/C27H23ClFN5O2S/c1-36-16-24(35)31-17-7-9-18(10-8-17)34-26(25(32-27(34)37)22-5-2-3-13-30-22)23-6-4-14-33(23)19-11-12-21(29)20(28)15-19/h2-15,25-26H,16H2,1H3,(H,31,35)(H,32,37)/t25-,26-/m0/s1. The van der Waals surface area contributed by atoms with E-state index >= 15 is 0 Å². The molecule has 2 N–H and O–H groups in total. The molecule has 37 heavy (non-hydrogen) atoms. The molecule has 0 bridgehead atoms. The zero-order valence-corrected chi connectivity index (χ0v) is 21.3. The van der Waals surface area contributed by atoms with Crippen molar-refractivity contribution < 1.29 is 13.9 Å². The van der Waals surface area contributed by atoms with E-state index in [4.69, 9.17) is 28.6 Å². The van der Waals surface area contributed by atoms with Gasteiger partial charge in [-0.05, 0) is 78.9 Å². The molecule has 5 rings (SSSR count). The minimum atomic E-state index is -0.478.